The Morgan fingerprint density at radius 1 is 1.25 bits per heavy atom. The third-order valence-corrected chi connectivity index (χ3v) is 4.04. The third kappa shape index (κ3) is 4.40. The van der Waals surface area contributed by atoms with E-state index in [4.69, 9.17) is 5.73 Å². The molecule has 0 saturated heterocycles. The van der Waals surface area contributed by atoms with Crippen LogP contribution in [0.2, 0.25) is 0 Å². The van der Waals surface area contributed by atoms with E-state index in [-0.39, 0.29) is 6.04 Å². The minimum absolute atomic E-state index is 0.103. The molecule has 1 aromatic heterocycles. The third-order valence-electron chi connectivity index (χ3n) is 3.41. The molecule has 0 aliphatic heterocycles. The number of aryl methyl sites for hydroxylation is 2. The highest BCUT2D eigenvalue weighted by molar-refractivity contribution is 7.07. The van der Waals surface area contributed by atoms with E-state index < -0.39 is 0 Å². The maximum absolute atomic E-state index is 6.31. The SMILES string of the molecule is Cc1cc(C)cc(C(N)CCN(C)Cc2cscn2)c1. The Balaban J connectivity index is 1.86. The summed E-state index contributed by atoms with van der Waals surface area (Å²) < 4.78 is 0. The van der Waals surface area contributed by atoms with E-state index in [0.29, 0.717) is 0 Å². The molecule has 2 rings (SSSR count). The quantitative estimate of drug-likeness (QED) is 0.887. The van der Waals surface area contributed by atoms with Gasteiger partial charge in [-0.2, -0.15) is 0 Å². The van der Waals surface area contributed by atoms with Crippen molar-refractivity contribution in [1.29, 1.82) is 0 Å². The lowest BCUT2D eigenvalue weighted by Gasteiger charge is -2.19. The summed E-state index contributed by atoms with van der Waals surface area (Å²) in [6.45, 7) is 6.11. The molecule has 2 aromatic rings. The standard InChI is InChI=1S/C16H23N3S/c1-12-6-13(2)8-14(7-12)16(17)4-5-19(3)9-15-10-20-11-18-15/h6-8,10-11,16H,4-5,9,17H2,1-3H3. The highest BCUT2D eigenvalue weighted by Crippen LogP contribution is 2.18. The largest absolute Gasteiger partial charge is 0.324 e. The summed E-state index contributed by atoms with van der Waals surface area (Å²) in [5, 5.41) is 2.10. The van der Waals surface area contributed by atoms with E-state index in [1.165, 1.54) is 16.7 Å². The first-order valence-corrected chi connectivity index (χ1v) is 7.88. The van der Waals surface area contributed by atoms with Crippen molar-refractivity contribution < 1.29 is 0 Å². The van der Waals surface area contributed by atoms with Crippen LogP contribution in [0.5, 0.6) is 0 Å². The molecule has 20 heavy (non-hydrogen) atoms. The summed E-state index contributed by atoms with van der Waals surface area (Å²) in [6.07, 6.45) is 0.962. The highest BCUT2D eigenvalue weighted by atomic mass is 32.1. The number of thiazole rings is 1. The normalized spacial score (nSPS) is 12.8. The zero-order valence-electron chi connectivity index (χ0n) is 12.5. The molecule has 0 spiro atoms. The van der Waals surface area contributed by atoms with Gasteiger partial charge in [0.25, 0.3) is 0 Å². The zero-order valence-corrected chi connectivity index (χ0v) is 13.3. The Bertz CT molecular complexity index is 516. The van der Waals surface area contributed by atoms with Gasteiger partial charge in [0.1, 0.15) is 0 Å². The fourth-order valence-electron chi connectivity index (χ4n) is 2.42. The van der Waals surface area contributed by atoms with Gasteiger partial charge < -0.3 is 10.6 Å². The van der Waals surface area contributed by atoms with Crippen LogP contribution in [0.4, 0.5) is 0 Å². The smallest absolute Gasteiger partial charge is 0.0795 e. The molecular formula is C16H23N3S. The van der Waals surface area contributed by atoms with Crippen molar-refractivity contribution in [1.82, 2.24) is 9.88 Å². The van der Waals surface area contributed by atoms with Gasteiger partial charge in [0.05, 0.1) is 11.2 Å². The average Bonchev–Trinajstić information content (AvgIpc) is 2.87. The number of nitrogens with zero attached hydrogens (tertiary/aromatic N) is 2. The van der Waals surface area contributed by atoms with Crippen molar-refractivity contribution in [3.05, 3.63) is 51.5 Å². The van der Waals surface area contributed by atoms with E-state index in [0.717, 1.165) is 25.2 Å². The summed E-state index contributed by atoms with van der Waals surface area (Å²) in [5.41, 5.74) is 13.1. The second-order valence-corrected chi connectivity index (χ2v) is 6.25. The fraction of sp³-hybridized carbons (Fsp3) is 0.438. The topological polar surface area (TPSA) is 42.1 Å². The lowest BCUT2D eigenvalue weighted by Crippen LogP contribution is -2.23. The van der Waals surface area contributed by atoms with Crippen molar-refractivity contribution in [2.24, 2.45) is 5.73 Å². The monoisotopic (exact) mass is 289 g/mol. The molecule has 0 radical (unpaired) electrons. The van der Waals surface area contributed by atoms with Crippen molar-refractivity contribution in [3.8, 4) is 0 Å². The molecule has 2 N–H and O–H groups in total. The van der Waals surface area contributed by atoms with Gasteiger partial charge in [0.15, 0.2) is 0 Å². The molecule has 0 saturated carbocycles. The van der Waals surface area contributed by atoms with Gasteiger partial charge in [-0.1, -0.05) is 29.3 Å². The molecule has 0 bridgehead atoms. The lowest BCUT2D eigenvalue weighted by molar-refractivity contribution is 0.308. The number of hydrogen-bond acceptors (Lipinski definition) is 4. The molecule has 4 heteroatoms. The van der Waals surface area contributed by atoms with E-state index in [2.05, 4.69) is 54.4 Å². The minimum atomic E-state index is 0.103. The first kappa shape index (κ1) is 15.2. The molecule has 0 aliphatic rings. The molecule has 3 nitrogen and oxygen atoms in total. The first-order valence-electron chi connectivity index (χ1n) is 6.94. The number of aromatic nitrogens is 1. The van der Waals surface area contributed by atoms with Crippen LogP contribution in [0.25, 0.3) is 0 Å². The Morgan fingerprint density at radius 2 is 1.95 bits per heavy atom. The maximum Gasteiger partial charge on any atom is 0.0795 e. The van der Waals surface area contributed by atoms with Crippen LogP contribution in [0.3, 0.4) is 0 Å². The molecular weight excluding hydrogens is 266 g/mol. The summed E-state index contributed by atoms with van der Waals surface area (Å²) in [5.74, 6) is 0. The molecule has 108 valence electrons. The average molecular weight is 289 g/mol. The summed E-state index contributed by atoms with van der Waals surface area (Å²) in [7, 11) is 2.12. The van der Waals surface area contributed by atoms with Gasteiger partial charge >= 0.3 is 0 Å². The van der Waals surface area contributed by atoms with Crippen LogP contribution in [0.1, 0.15) is 34.8 Å². The number of nitrogens with two attached hydrogens (primary N) is 1. The Hall–Kier alpha value is -1.23. The maximum atomic E-state index is 6.31. The van der Waals surface area contributed by atoms with E-state index in [9.17, 15) is 0 Å². The van der Waals surface area contributed by atoms with Crippen LogP contribution >= 0.6 is 11.3 Å². The molecule has 1 atom stereocenters. The van der Waals surface area contributed by atoms with E-state index >= 15 is 0 Å². The predicted octanol–water partition coefficient (Wildman–Crippen LogP) is 3.28. The van der Waals surface area contributed by atoms with Gasteiger partial charge in [-0.3, -0.25) is 0 Å². The molecule has 0 aliphatic carbocycles. The summed E-state index contributed by atoms with van der Waals surface area (Å²) in [4.78, 5) is 6.59. The van der Waals surface area contributed by atoms with E-state index in [1.54, 1.807) is 11.3 Å². The van der Waals surface area contributed by atoms with Crippen LogP contribution in [-0.4, -0.2) is 23.5 Å². The molecule has 1 aromatic carbocycles. The van der Waals surface area contributed by atoms with Gasteiger partial charge in [-0.15, -0.1) is 11.3 Å². The number of hydrogen-bond donors (Lipinski definition) is 1. The van der Waals surface area contributed by atoms with Crippen LogP contribution in [-0.2, 0) is 6.54 Å². The minimum Gasteiger partial charge on any atom is -0.324 e. The second kappa shape index (κ2) is 6.97. The van der Waals surface area contributed by atoms with Crippen LogP contribution in [0.15, 0.2) is 29.1 Å². The first-order chi connectivity index (χ1) is 9.54. The van der Waals surface area contributed by atoms with Gasteiger partial charge in [-0.25, -0.2) is 4.98 Å². The predicted molar refractivity (Wildman–Crippen MR) is 85.9 cm³/mol. The zero-order chi connectivity index (χ0) is 14.5. The number of rotatable bonds is 6. The highest BCUT2D eigenvalue weighted by Gasteiger charge is 2.09. The second-order valence-electron chi connectivity index (χ2n) is 5.53. The molecule has 0 fully saturated rings. The Kier molecular flexibility index (Phi) is 5.29. The fourth-order valence-corrected chi connectivity index (χ4v) is 2.97. The van der Waals surface area contributed by atoms with Gasteiger partial charge in [-0.05, 0) is 32.9 Å². The Labute approximate surface area is 125 Å². The van der Waals surface area contributed by atoms with Crippen LogP contribution < -0.4 is 5.73 Å². The van der Waals surface area contributed by atoms with Crippen molar-refractivity contribution >= 4 is 11.3 Å². The Morgan fingerprint density at radius 3 is 2.55 bits per heavy atom. The summed E-state index contributed by atoms with van der Waals surface area (Å²) in [6, 6.07) is 6.67. The van der Waals surface area contributed by atoms with Crippen molar-refractivity contribution in [2.75, 3.05) is 13.6 Å². The summed E-state index contributed by atoms with van der Waals surface area (Å²) >= 11 is 1.64. The molecule has 1 unspecified atom stereocenters. The van der Waals surface area contributed by atoms with Crippen molar-refractivity contribution in [2.45, 2.75) is 32.9 Å². The molecule has 0 amide bonds. The number of benzene rings is 1. The van der Waals surface area contributed by atoms with Crippen molar-refractivity contribution in [3.63, 3.8) is 0 Å². The van der Waals surface area contributed by atoms with Gasteiger partial charge in [0, 0.05) is 24.5 Å². The lowest BCUT2D eigenvalue weighted by atomic mass is 10.00. The molecule has 1 heterocycles. The van der Waals surface area contributed by atoms with Gasteiger partial charge in [0.2, 0.25) is 0 Å². The van der Waals surface area contributed by atoms with Crippen LogP contribution in [0, 0.1) is 13.8 Å². The van der Waals surface area contributed by atoms with E-state index in [1.807, 2.05) is 5.51 Å².